The molecule has 1 aliphatic heterocycles. The summed E-state index contributed by atoms with van der Waals surface area (Å²) in [6, 6.07) is 9.26. The number of Topliss-reactive ketones (excluding diaryl/α,β-unsaturated/α-hetero) is 1. The fourth-order valence-electron chi connectivity index (χ4n) is 3.44. The maximum Gasteiger partial charge on any atom is 0.274 e. The van der Waals surface area contributed by atoms with Crippen molar-refractivity contribution in [3.05, 3.63) is 65.9 Å². The number of hydrogen-bond acceptors (Lipinski definition) is 5. The number of amides is 1. The first-order chi connectivity index (χ1) is 14.0. The molecule has 0 spiro atoms. The molecule has 0 unspecified atom stereocenters. The Hall–Kier alpha value is -2.71. The minimum absolute atomic E-state index is 0.0634. The Balaban J connectivity index is 1.52. The molecule has 2 aromatic heterocycles. The number of nitrogens with zero attached hydrogens (tertiary/aromatic N) is 2. The zero-order valence-corrected chi connectivity index (χ0v) is 16.4. The summed E-state index contributed by atoms with van der Waals surface area (Å²) in [5.41, 5.74) is 1.11. The van der Waals surface area contributed by atoms with Crippen LogP contribution in [-0.4, -0.2) is 43.8 Å². The Morgan fingerprint density at radius 2 is 2.17 bits per heavy atom. The minimum Gasteiger partial charge on any atom is -0.392 e. The molecule has 0 bridgehead atoms. The molecule has 0 aliphatic carbocycles. The van der Waals surface area contributed by atoms with Crippen molar-refractivity contribution in [1.82, 2.24) is 9.38 Å². The van der Waals surface area contributed by atoms with Gasteiger partial charge in [0.1, 0.15) is 17.2 Å². The van der Waals surface area contributed by atoms with Gasteiger partial charge in [-0.1, -0.05) is 6.07 Å². The number of benzene rings is 1. The van der Waals surface area contributed by atoms with Gasteiger partial charge in [0.2, 0.25) is 0 Å². The largest absolute Gasteiger partial charge is 0.392 e. The number of thioether (sulfide) groups is 1. The van der Waals surface area contributed by atoms with Crippen LogP contribution in [0.4, 0.5) is 10.1 Å². The molecule has 3 aromatic rings. The van der Waals surface area contributed by atoms with E-state index in [0.29, 0.717) is 17.0 Å². The second kappa shape index (κ2) is 8.34. The Morgan fingerprint density at radius 3 is 3.00 bits per heavy atom. The number of anilines is 1. The SMILES string of the molecule is O=C(C[C@@H]1CCSC[C@H]1O)c1ccc(F)c(NC(=O)c2cnc3ccccn23)c1. The number of carbonyl (C=O) groups is 2. The van der Waals surface area contributed by atoms with Gasteiger partial charge in [0.15, 0.2) is 5.78 Å². The molecule has 0 radical (unpaired) electrons. The van der Waals surface area contributed by atoms with E-state index in [2.05, 4.69) is 10.3 Å². The van der Waals surface area contributed by atoms with Gasteiger partial charge < -0.3 is 10.4 Å². The Kier molecular flexibility index (Phi) is 5.64. The van der Waals surface area contributed by atoms with E-state index < -0.39 is 17.8 Å². The average Bonchev–Trinajstić information content (AvgIpc) is 3.15. The van der Waals surface area contributed by atoms with Gasteiger partial charge in [-0.2, -0.15) is 11.8 Å². The van der Waals surface area contributed by atoms with E-state index in [0.717, 1.165) is 12.2 Å². The van der Waals surface area contributed by atoms with Gasteiger partial charge in [-0.3, -0.25) is 14.0 Å². The highest BCUT2D eigenvalue weighted by atomic mass is 32.2. The molecule has 8 heteroatoms. The lowest BCUT2D eigenvalue weighted by molar-refractivity contribution is 0.0836. The van der Waals surface area contributed by atoms with Crippen molar-refractivity contribution < 1.29 is 19.1 Å². The first kappa shape index (κ1) is 19.6. The van der Waals surface area contributed by atoms with Crippen molar-refractivity contribution in [2.45, 2.75) is 18.9 Å². The van der Waals surface area contributed by atoms with Gasteiger partial charge in [0.25, 0.3) is 5.91 Å². The fraction of sp³-hybridized carbons (Fsp3) is 0.286. The van der Waals surface area contributed by atoms with Crippen LogP contribution < -0.4 is 5.32 Å². The van der Waals surface area contributed by atoms with Crippen molar-refractivity contribution in [3.63, 3.8) is 0 Å². The monoisotopic (exact) mass is 413 g/mol. The highest BCUT2D eigenvalue weighted by molar-refractivity contribution is 7.99. The highest BCUT2D eigenvalue weighted by Crippen LogP contribution is 2.28. The van der Waals surface area contributed by atoms with Gasteiger partial charge in [-0.25, -0.2) is 9.37 Å². The van der Waals surface area contributed by atoms with Crippen molar-refractivity contribution in [2.24, 2.45) is 5.92 Å². The fourth-order valence-corrected chi connectivity index (χ4v) is 4.59. The van der Waals surface area contributed by atoms with Gasteiger partial charge in [0, 0.05) is 23.9 Å². The number of carbonyl (C=O) groups excluding carboxylic acids is 2. The van der Waals surface area contributed by atoms with Crippen molar-refractivity contribution in [3.8, 4) is 0 Å². The topological polar surface area (TPSA) is 83.7 Å². The predicted octanol–water partition coefficient (Wildman–Crippen LogP) is 3.41. The number of aliphatic hydroxyl groups is 1. The van der Waals surface area contributed by atoms with Crippen molar-refractivity contribution in [1.29, 1.82) is 0 Å². The normalized spacial score (nSPS) is 19.2. The summed E-state index contributed by atoms with van der Waals surface area (Å²) in [4.78, 5) is 29.4. The van der Waals surface area contributed by atoms with Crippen LogP contribution in [0.3, 0.4) is 0 Å². The second-order valence-corrected chi connectivity index (χ2v) is 8.19. The van der Waals surface area contributed by atoms with Crippen LogP contribution in [0.2, 0.25) is 0 Å². The van der Waals surface area contributed by atoms with Crippen LogP contribution >= 0.6 is 11.8 Å². The lowest BCUT2D eigenvalue weighted by Crippen LogP contribution is -2.29. The smallest absolute Gasteiger partial charge is 0.274 e. The third kappa shape index (κ3) is 4.18. The second-order valence-electron chi connectivity index (χ2n) is 7.04. The van der Waals surface area contributed by atoms with Crippen LogP contribution in [0.1, 0.15) is 33.7 Å². The molecular weight excluding hydrogens is 393 g/mol. The zero-order valence-electron chi connectivity index (χ0n) is 15.5. The van der Waals surface area contributed by atoms with Crippen LogP contribution in [0.25, 0.3) is 5.65 Å². The molecule has 2 atom stereocenters. The molecule has 1 saturated heterocycles. The quantitative estimate of drug-likeness (QED) is 0.627. The third-order valence-corrected chi connectivity index (χ3v) is 6.20. The summed E-state index contributed by atoms with van der Waals surface area (Å²) in [7, 11) is 0. The van der Waals surface area contributed by atoms with E-state index in [4.69, 9.17) is 0 Å². The number of ketones is 1. The van der Waals surface area contributed by atoms with E-state index in [-0.39, 0.29) is 29.5 Å². The van der Waals surface area contributed by atoms with Gasteiger partial charge in [-0.05, 0) is 48.4 Å². The Morgan fingerprint density at radius 1 is 1.31 bits per heavy atom. The molecule has 1 aliphatic rings. The molecule has 6 nitrogen and oxygen atoms in total. The number of pyridine rings is 1. The number of aromatic nitrogens is 2. The summed E-state index contributed by atoms with van der Waals surface area (Å²) in [6.45, 7) is 0. The highest BCUT2D eigenvalue weighted by Gasteiger charge is 2.26. The van der Waals surface area contributed by atoms with Crippen LogP contribution in [0, 0.1) is 11.7 Å². The van der Waals surface area contributed by atoms with E-state index in [1.54, 1.807) is 40.6 Å². The Bertz CT molecular complexity index is 1070. The maximum absolute atomic E-state index is 14.3. The number of hydrogen-bond donors (Lipinski definition) is 2. The van der Waals surface area contributed by atoms with Crippen molar-refractivity contribution in [2.75, 3.05) is 16.8 Å². The maximum atomic E-state index is 14.3. The number of imidazole rings is 1. The van der Waals surface area contributed by atoms with E-state index >= 15 is 0 Å². The average molecular weight is 413 g/mol. The van der Waals surface area contributed by atoms with E-state index in [1.807, 2.05) is 0 Å². The van der Waals surface area contributed by atoms with Crippen molar-refractivity contribution >= 4 is 34.8 Å². The summed E-state index contributed by atoms with van der Waals surface area (Å²) in [6.07, 6.45) is 3.58. The number of aliphatic hydroxyl groups excluding tert-OH is 1. The molecule has 1 fully saturated rings. The van der Waals surface area contributed by atoms with Crippen LogP contribution in [-0.2, 0) is 0 Å². The molecule has 29 heavy (non-hydrogen) atoms. The van der Waals surface area contributed by atoms with Crippen LogP contribution in [0.15, 0.2) is 48.8 Å². The van der Waals surface area contributed by atoms with Gasteiger partial charge in [0.05, 0.1) is 18.0 Å². The molecule has 1 amide bonds. The number of rotatable bonds is 5. The molecule has 4 rings (SSSR count). The lowest BCUT2D eigenvalue weighted by atomic mass is 9.91. The zero-order chi connectivity index (χ0) is 20.4. The first-order valence-corrected chi connectivity index (χ1v) is 10.5. The molecule has 2 N–H and O–H groups in total. The molecule has 0 saturated carbocycles. The molecule has 150 valence electrons. The summed E-state index contributed by atoms with van der Waals surface area (Å²) < 4.78 is 15.9. The summed E-state index contributed by atoms with van der Waals surface area (Å²) >= 11 is 1.67. The molecule has 3 heterocycles. The predicted molar refractivity (Wildman–Crippen MR) is 110 cm³/mol. The molecular formula is C21H20FN3O3S. The lowest BCUT2D eigenvalue weighted by Gasteiger charge is -2.26. The number of fused-ring (bicyclic) bond motifs is 1. The third-order valence-electron chi connectivity index (χ3n) is 5.10. The minimum atomic E-state index is -0.627. The summed E-state index contributed by atoms with van der Waals surface area (Å²) in [5.74, 6) is 0.127. The number of nitrogens with one attached hydrogen (secondary N) is 1. The van der Waals surface area contributed by atoms with Gasteiger partial charge >= 0.3 is 0 Å². The Labute approximate surface area is 171 Å². The van der Waals surface area contributed by atoms with E-state index in [9.17, 15) is 19.1 Å². The summed E-state index contributed by atoms with van der Waals surface area (Å²) in [5, 5.41) is 12.6. The van der Waals surface area contributed by atoms with E-state index in [1.165, 1.54) is 24.4 Å². The number of halogens is 1. The standard InChI is InChI=1S/C21H20FN3O3S/c22-15-5-4-13(18(26)10-14-6-8-29-12-19(14)27)9-16(15)24-21(28)17-11-23-20-3-1-2-7-25(17)20/h1-5,7,9,11,14,19,27H,6,8,10,12H2,(H,24,28)/t14-,19+/m0/s1. The molecule has 1 aromatic carbocycles. The van der Waals surface area contributed by atoms with Crippen LogP contribution in [0.5, 0.6) is 0 Å². The first-order valence-electron chi connectivity index (χ1n) is 9.35. The van der Waals surface area contributed by atoms with Gasteiger partial charge in [-0.15, -0.1) is 0 Å².